The van der Waals surface area contributed by atoms with Crippen LogP contribution in [0.5, 0.6) is 0 Å². The average Bonchev–Trinajstić information content (AvgIpc) is 2.31. The number of aryl methyl sites for hydroxylation is 2. The van der Waals surface area contributed by atoms with Gasteiger partial charge in [-0.05, 0) is 20.3 Å². The molecule has 3 heteroatoms. The molecule has 0 amide bonds. The summed E-state index contributed by atoms with van der Waals surface area (Å²) in [5, 5.41) is 9.66. The van der Waals surface area contributed by atoms with E-state index in [9.17, 15) is 5.11 Å². The minimum atomic E-state index is -0.406. The van der Waals surface area contributed by atoms with Crippen molar-refractivity contribution in [2.75, 3.05) is 0 Å². The molecule has 0 radical (unpaired) electrons. The van der Waals surface area contributed by atoms with Gasteiger partial charge in [-0.1, -0.05) is 6.92 Å². The lowest BCUT2D eigenvalue weighted by Crippen LogP contribution is -2.02. The number of aromatic nitrogens is 2. The number of rotatable bonds is 0. The number of hydrogen-bond donors (Lipinski definition) is 1. The Bertz CT molecular complexity index is 316. The molecule has 0 aliphatic heterocycles. The first-order valence-corrected chi connectivity index (χ1v) is 4.62. The molecule has 2 atom stereocenters. The first kappa shape index (κ1) is 8.63. The molecule has 0 bridgehead atoms. The molecule has 1 heterocycles. The molecule has 0 aromatic carbocycles. The molecule has 0 unspecified atom stereocenters. The summed E-state index contributed by atoms with van der Waals surface area (Å²) in [5.41, 5.74) is 3.66. The standard InChI is InChI=1S/C10H14N2O/c1-5-4-8(13)10-9(5)11-6(2)7(3)12-10/h5,8,13H,4H2,1-3H3/t5-,8+/m0/s1. The topological polar surface area (TPSA) is 46.0 Å². The monoisotopic (exact) mass is 178 g/mol. The van der Waals surface area contributed by atoms with E-state index in [1.54, 1.807) is 0 Å². The summed E-state index contributed by atoms with van der Waals surface area (Å²) in [4.78, 5) is 8.83. The summed E-state index contributed by atoms with van der Waals surface area (Å²) in [5.74, 6) is 0.344. The Labute approximate surface area is 77.8 Å². The number of nitrogens with zero attached hydrogens (tertiary/aromatic N) is 2. The third-order valence-electron chi connectivity index (χ3n) is 2.72. The third-order valence-corrected chi connectivity index (χ3v) is 2.72. The van der Waals surface area contributed by atoms with Crippen molar-refractivity contribution < 1.29 is 5.11 Å². The maximum Gasteiger partial charge on any atom is 0.0984 e. The van der Waals surface area contributed by atoms with E-state index in [1.165, 1.54) is 0 Å². The van der Waals surface area contributed by atoms with Gasteiger partial charge < -0.3 is 5.11 Å². The molecule has 1 aliphatic carbocycles. The highest BCUT2D eigenvalue weighted by Crippen LogP contribution is 2.37. The van der Waals surface area contributed by atoms with Crippen LogP contribution in [0.15, 0.2) is 0 Å². The maximum absolute atomic E-state index is 9.66. The van der Waals surface area contributed by atoms with E-state index in [0.717, 1.165) is 29.2 Å². The van der Waals surface area contributed by atoms with Gasteiger partial charge in [0.1, 0.15) is 0 Å². The summed E-state index contributed by atoms with van der Waals surface area (Å²) >= 11 is 0. The van der Waals surface area contributed by atoms with E-state index in [4.69, 9.17) is 0 Å². The highest BCUT2D eigenvalue weighted by atomic mass is 16.3. The van der Waals surface area contributed by atoms with Crippen LogP contribution in [0.25, 0.3) is 0 Å². The second-order valence-electron chi connectivity index (χ2n) is 3.82. The van der Waals surface area contributed by atoms with E-state index in [1.807, 2.05) is 13.8 Å². The van der Waals surface area contributed by atoms with Gasteiger partial charge in [0.15, 0.2) is 0 Å². The first-order valence-electron chi connectivity index (χ1n) is 4.62. The van der Waals surface area contributed by atoms with E-state index in [-0.39, 0.29) is 0 Å². The predicted molar refractivity (Wildman–Crippen MR) is 49.5 cm³/mol. The van der Waals surface area contributed by atoms with Gasteiger partial charge in [0.05, 0.1) is 28.9 Å². The molecule has 13 heavy (non-hydrogen) atoms. The van der Waals surface area contributed by atoms with E-state index >= 15 is 0 Å². The third kappa shape index (κ3) is 1.23. The Hall–Kier alpha value is -0.960. The predicted octanol–water partition coefficient (Wildman–Crippen LogP) is 1.63. The smallest absolute Gasteiger partial charge is 0.0984 e. The zero-order valence-electron chi connectivity index (χ0n) is 8.20. The molecule has 3 nitrogen and oxygen atoms in total. The number of fused-ring (bicyclic) bond motifs is 1. The van der Waals surface area contributed by atoms with Crippen LogP contribution in [-0.4, -0.2) is 15.1 Å². The zero-order chi connectivity index (χ0) is 9.59. The molecule has 2 rings (SSSR count). The van der Waals surface area contributed by atoms with E-state index in [0.29, 0.717) is 5.92 Å². The van der Waals surface area contributed by atoms with Gasteiger partial charge >= 0.3 is 0 Å². The quantitative estimate of drug-likeness (QED) is 0.656. The Morgan fingerprint density at radius 2 is 1.69 bits per heavy atom. The van der Waals surface area contributed by atoms with Crippen molar-refractivity contribution in [3.63, 3.8) is 0 Å². The molecule has 70 valence electrons. The van der Waals surface area contributed by atoms with Crippen LogP contribution in [0.2, 0.25) is 0 Å². The summed E-state index contributed by atoms with van der Waals surface area (Å²) in [6.45, 7) is 5.97. The maximum atomic E-state index is 9.66. The molecular weight excluding hydrogens is 164 g/mol. The minimum absolute atomic E-state index is 0.344. The molecule has 1 aliphatic rings. The Kier molecular flexibility index (Phi) is 1.84. The van der Waals surface area contributed by atoms with Gasteiger partial charge in [-0.15, -0.1) is 0 Å². The van der Waals surface area contributed by atoms with Crippen molar-refractivity contribution in [1.29, 1.82) is 0 Å². The van der Waals surface area contributed by atoms with Crippen LogP contribution in [0.1, 0.15) is 48.1 Å². The van der Waals surface area contributed by atoms with Crippen molar-refractivity contribution in [2.24, 2.45) is 0 Å². The molecule has 1 aromatic rings. The van der Waals surface area contributed by atoms with Crippen molar-refractivity contribution in [3.05, 3.63) is 22.8 Å². The minimum Gasteiger partial charge on any atom is -0.387 e. The van der Waals surface area contributed by atoms with Crippen LogP contribution < -0.4 is 0 Å². The fraction of sp³-hybridized carbons (Fsp3) is 0.600. The lowest BCUT2D eigenvalue weighted by molar-refractivity contribution is 0.170. The van der Waals surface area contributed by atoms with Crippen LogP contribution in [-0.2, 0) is 0 Å². The summed E-state index contributed by atoms with van der Waals surface area (Å²) < 4.78 is 0. The van der Waals surface area contributed by atoms with Crippen LogP contribution in [0, 0.1) is 13.8 Å². The second kappa shape index (κ2) is 2.77. The fourth-order valence-corrected chi connectivity index (χ4v) is 1.80. The first-order chi connectivity index (χ1) is 6.09. The number of aliphatic hydroxyl groups is 1. The SMILES string of the molecule is Cc1nc2c(nc1C)[C@@H](C)C[C@H]2O. The zero-order valence-corrected chi connectivity index (χ0v) is 8.20. The summed E-state index contributed by atoms with van der Waals surface area (Å²) in [7, 11) is 0. The van der Waals surface area contributed by atoms with Gasteiger partial charge in [0, 0.05) is 5.92 Å². The second-order valence-corrected chi connectivity index (χ2v) is 3.82. The highest BCUT2D eigenvalue weighted by Gasteiger charge is 2.29. The average molecular weight is 178 g/mol. The van der Waals surface area contributed by atoms with Crippen molar-refractivity contribution in [3.8, 4) is 0 Å². The highest BCUT2D eigenvalue weighted by molar-refractivity contribution is 5.28. The molecule has 0 fully saturated rings. The number of aliphatic hydroxyl groups excluding tert-OH is 1. The largest absolute Gasteiger partial charge is 0.387 e. The lowest BCUT2D eigenvalue weighted by atomic mass is 10.1. The van der Waals surface area contributed by atoms with E-state index in [2.05, 4.69) is 16.9 Å². The van der Waals surface area contributed by atoms with E-state index < -0.39 is 6.10 Å². The van der Waals surface area contributed by atoms with Crippen LogP contribution in [0.4, 0.5) is 0 Å². The Morgan fingerprint density at radius 1 is 1.15 bits per heavy atom. The normalized spacial score (nSPS) is 26.2. The van der Waals surface area contributed by atoms with Crippen LogP contribution >= 0.6 is 0 Å². The van der Waals surface area contributed by atoms with Gasteiger partial charge in [-0.25, -0.2) is 0 Å². The van der Waals surface area contributed by atoms with Crippen molar-refractivity contribution in [2.45, 2.75) is 39.2 Å². The van der Waals surface area contributed by atoms with Crippen molar-refractivity contribution >= 4 is 0 Å². The molecule has 0 saturated carbocycles. The Balaban J connectivity index is 2.58. The van der Waals surface area contributed by atoms with Gasteiger partial charge in [0.2, 0.25) is 0 Å². The van der Waals surface area contributed by atoms with Crippen molar-refractivity contribution in [1.82, 2.24) is 9.97 Å². The molecule has 1 N–H and O–H groups in total. The molecular formula is C10H14N2O. The van der Waals surface area contributed by atoms with Gasteiger partial charge in [0.25, 0.3) is 0 Å². The molecule has 1 aromatic heterocycles. The Morgan fingerprint density at radius 3 is 2.31 bits per heavy atom. The van der Waals surface area contributed by atoms with Gasteiger partial charge in [-0.3, -0.25) is 9.97 Å². The summed E-state index contributed by atoms with van der Waals surface area (Å²) in [6.07, 6.45) is 0.356. The van der Waals surface area contributed by atoms with Gasteiger partial charge in [-0.2, -0.15) is 0 Å². The van der Waals surface area contributed by atoms with Crippen LogP contribution in [0.3, 0.4) is 0 Å². The molecule has 0 saturated heterocycles. The lowest BCUT2D eigenvalue weighted by Gasteiger charge is -2.06. The molecule has 0 spiro atoms. The summed E-state index contributed by atoms with van der Waals surface area (Å²) in [6, 6.07) is 0. The number of hydrogen-bond acceptors (Lipinski definition) is 3. The fourth-order valence-electron chi connectivity index (χ4n) is 1.80.